The Kier molecular flexibility index (Phi) is 6.25. The lowest BCUT2D eigenvalue weighted by Gasteiger charge is -2.34. The number of rotatable bonds is 5. The summed E-state index contributed by atoms with van der Waals surface area (Å²) >= 11 is 0. The van der Waals surface area contributed by atoms with E-state index in [9.17, 15) is 0 Å². The van der Waals surface area contributed by atoms with E-state index in [1.165, 1.54) is 16.9 Å². The van der Waals surface area contributed by atoms with Crippen molar-refractivity contribution in [1.82, 2.24) is 9.88 Å². The average Bonchev–Trinajstić information content (AvgIpc) is 3.33. The Morgan fingerprint density at radius 1 is 0.833 bits per heavy atom. The van der Waals surface area contributed by atoms with Gasteiger partial charge in [-0.25, -0.2) is 0 Å². The highest BCUT2D eigenvalue weighted by Crippen LogP contribution is 2.34. The molecule has 0 saturated carbocycles. The molecule has 0 aliphatic carbocycles. The molecule has 186 valence electrons. The van der Waals surface area contributed by atoms with Gasteiger partial charge in [-0.1, -0.05) is 18.2 Å². The molecule has 7 heteroatoms. The van der Waals surface area contributed by atoms with E-state index >= 15 is 0 Å². The van der Waals surface area contributed by atoms with Crippen molar-refractivity contribution >= 4 is 34.2 Å². The van der Waals surface area contributed by atoms with Gasteiger partial charge in [0.2, 0.25) is 0 Å². The first-order valence-corrected chi connectivity index (χ1v) is 12.8. The lowest BCUT2D eigenvalue weighted by molar-refractivity contribution is 0.122. The second-order valence-corrected chi connectivity index (χ2v) is 9.74. The van der Waals surface area contributed by atoms with E-state index in [1.54, 1.807) is 0 Å². The van der Waals surface area contributed by atoms with Gasteiger partial charge in [-0.2, -0.15) is 4.98 Å². The molecule has 2 aliphatic rings. The second-order valence-electron chi connectivity index (χ2n) is 9.74. The minimum atomic E-state index is 0.506. The maximum atomic E-state index is 6.24. The van der Waals surface area contributed by atoms with E-state index in [0.29, 0.717) is 6.01 Å². The number of hydrogen-bond acceptors (Lipinski definition) is 7. The van der Waals surface area contributed by atoms with Crippen LogP contribution in [-0.2, 0) is 4.74 Å². The molecule has 2 fully saturated rings. The van der Waals surface area contributed by atoms with E-state index in [0.717, 1.165) is 80.4 Å². The molecule has 7 nitrogen and oxygen atoms in total. The summed E-state index contributed by atoms with van der Waals surface area (Å²) in [5.41, 5.74) is 8.57. The number of oxazole rings is 1. The first-order valence-electron chi connectivity index (χ1n) is 12.8. The van der Waals surface area contributed by atoms with Crippen LogP contribution in [0.5, 0.6) is 0 Å². The summed E-state index contributed by atoms with van der Waals surface area (Å²) < 4.78 is 11.8. The van der Waals surface area contributed by atoms with Crippen LogP contribution in [0.1, 0.15) is 5.56 Å². The molecule has 0 amide bonds. The highest BCUT2D eigenvalue weighted by atomic mass is 16.5. The normalized spacial score (nSPS) is 17.1. The van der Waals surface area contributed by atoms with Crippen LogP contribution >= 0.6 is 0 Å². The smallest absolute Gasteiger partial charge is 0.300 e. The van der Waals surface area contributed by atoms with E-state index in [2.05, 4.69) is 82.5 Å². The fourth-order valence-electron chi connectivity index (χ4n) is 5.16. The molecule has 0 radical (unpaired) electrons. The first-order chi connectivity index (χ1) is 17.6. The van der Waals surface area contributed by atoms with Gasteiger partial charge < -0.3 is 29.2 Å². The standard InChI is InChI=1S/C29H33N5O2/c1-21-20-22(6-11-27(21)34-16-18-35-19-17-34)25-4-3-5-26-28(25)36-29(31-26)30-23-7-9-24(10-8-23)33-14-12-32(2)13-15-33/h3-11,20H,12-19H2,1-2H3,(H,30,31). The van der Waals surface area contributed by atoms with Gasteiger partial charge in [0.15, 0.2) is 5.58 Å². The fraction of sp³-hybridized carbons (Fsp3) is 0.345. The number of likely N-dealkylation sites (N-methyl/N-ethyl adjacent to an activating group) is 1. The second kappa shape index (κ2) is 9.84. The molecular weight excluding hydrogens is 450 g/mol. The first kappa shape index (κ1) is 22.9. The molecule has 0 atom stereocenters. The average molecular weight is 484 g/mol. The number of hydrogen-bond donors (Lipinski definition) is 1. The minimum Gasteiger partial charge on any atom is -0.423 e. The Labute approximate surface area is 212 Å². The number of benzene rings is 3. The number of fused-ring (bicyclic) bond motifs is 1. The summed E-state index contributed by atoms with van der Waals surface area (Å²) in [7, 11) is 2.18. The van der Waals surface area contributed by atoms with Crippen molar-refractivity contribution < 1.29 is 9.15 Å². The molecule has 3 heterocycles. The highest BCUT2D eigenvalue weighted by molar-refractivity contribution is 5.92. The highest BCUT2D eigenvalue weighted by Gasteiger charge is 2.17. The van der Waals surface area contributed by atoms with Crippen LogP contribution in [0.25, 0.3) is 22.2 Å². The molecule has 0 bridgehead atoms. The van der Waals surface area contributed by atoms with E-state index in [1.807, 2.05) is 12.1 Å². The third kappa shape index (κ3) is 4.64. The van der Waals surface area contributed by atoms with Crippen LogP contribution in [0.15, 0.2) is 65.1 Å². The summed E-state index contributed by atoms with van der Waals surface area (Å²) in [5, 5.41) is 3.35. The van der Waals surface area contributed by atoms with Gasteiger partial charge in [-0.3, -0.25) is 0 Å². The van der Waals surface area contributed by atoms with Gasteiger partial charge in [-0.05, 0) is 67.6 Å². The van der Waals surface area contributed by atoms with Gasteiger partial charge in [0.1, 0.15) is 5.52 Å². The lowest BCUT2D eigenvalue weighted by atomic mass is 10.0. The fourth-order valence-corrected chi connectivity index (χ4v) is 5.16. The van der Waals surface area contributed by atoms with Crippen LogP contribution < -0.4 is 15.1 Å². The minimum absolute atomic E-state index is 0.506. The molecule has 6 rings (SSSR count). The summed E-state index contributed by atoms with van der Waals surface area (Å²) in [6.45, 7) is 9.93. The van der Waals surface area contributed by atoms with Crippen LogP contribution in [0.2, 0.25) is 0 Å². The zero-order chi connectivity index (χ0) is 24.5. The van der Waals surface area contributed by atoms with Crippen molar-refractivity contribution in [2.24, 2.45) is 0 Å². The van der Waals surface area contributed by atoms with Gasteiger partial charge in [0.05, 0.1) is 13.2 Å². The Morgan fingerprint density at radius 2 is 1.61 bits per heavy atom. The number of ether oxygens (including phenoxy) is 1. The SMILES string of the molecule is Cc1cc(-c2cccc3nc(Nc4ccc(N5CCN(C)CC5)cc4)oc23)ccc1N1CCOCC1. The van der Waals surface area contributed by atoms with E-state index in [4.69, 9.17) is 14.1 Å². The molecule has 36 heavy (non-hydrogen) atoms. The van der Waals surface area contributed by atoms with Crippen LogP contribution in [-0.4, -0.2) is 69.4 Å². The van der Waals surface area contributed by atoms with Gasteiger partial charge in [-0.15, -0.1) is 0 Å². The predicted octanol–water partition coefficient (Wildman–Crippen LogP) is 5.14. The molecular formula is C29H33N5O2. The van der Waals surface area contributed by atoms with Gasteiger partial charge in [0.25, 0.3) is 6.01 Å². The summed E-state index contributed by atoms with van der Waals surface area (Å²) in [4.78, 5) is 11.9. The number of para-hydroxylation sites is 1. The number of morpholine rings is 1. The van der Waals surface area contributed by atoms with Crippen LogP contribution in [0.3, 0.4) is 0 Å². The Hall–Kier alpha value is -3.55. The van der Waals surface area contributed by atoms with Crippen molar-refractivity contribution in [3.05, 3.63) is 66.2 Å². The summed E-state index contributed by atoms with van der Waals surface area (Å²) in [6.07, 6.45) is 0. The molecule has 1 N–H and O–H groups in total. The third-order valence-corrected chi connectivity index (χ3v) is 7.26. The van der Waals surface area contributed by atoms with Crippen molar-refractivity contribution in [2.45, 2.75) is 6.92 Å². The Balaban J connectivity index is 1.22. The van der Waals surface area contributed by atoms with Gasteiger partial charge in [0, 0.05) is 61.9 Å². The number of anilines is 4. The maximum Gasteiger partial charge on any atom is 0.300 e. The summed E-state index contributed by atoms with van der Waals surface area (Å²) in [6, 6.07) is 21.8. The monoisotopic (exact) mass is 483 g/mol. The number of nitrogens with zero attached hydrogens (tertiary/aromatic N) is 4. The van der Waals surface area contributed by atoms with Crippen LogP contribution in [0.4, 0.5) is 23.1 Å². The topological polar surface area (TPSA) is 57.0 Å². The molecule has 4 aromatic rings. The van der Waals surface area contributed by atoms with Crippen molar-refractivity contribution in [3.63, 3.8) is 0 Å². The van der Waals surface area contributed by atoms with Crippen LogP contribution in [0, 0.1) is 6.92 Å². The van der Waals surface area contributed by atoms with E-state index < -0.39 is 0 Å². The molecule has 2 aliphatic heterocycles. The number of aromatic nitrogens is 1. The zero-order valence-corrected chi connectivity index (χ0v) is 21.0. The molecule has 0 unspecified atom stereocenters. The van der Waals surface area contributed by atoms with Crippen molar-refractivity contribution in [2.75, 3.05) is 74.6 Å². The molecule has 1 aromatic heterocycles. The summed E-state index contributed by atoms with van der Waals surface area (Å²) in [5.74, 6) is 0. The van der Waals surface area contributed by atoms with Crippen molar-refractivity contribution in [1.29, 1.82) is 0 Å². The molecule has 0 spiro atoms. The van der Waals surface area contributed by atoms with E-state index in [-0.39, 0.29) is 0 Å². The van der Waals surface area contributed by atoms with Gasteiger partial charge >= 0.3 is 0 Å². The Bertz CT molecular complexity index is 1340. The quantitative estimate of drug-likeness (QED) is 0.422. The zero-order valence-electron chi connectivity index (χ0n) is 21.0. The molecule has 2 saturated heterocycles. The number of piperazine rings is 1. The lowest BCUT2D eigenvalue weighted by Crippen LogP contribution is -2.44. The largest absolute Gasteiger partial charge is 0.423 e. The third-order valence-electron chi connectivity index (χ3n) is 7.26. The molecule has 3 aromatic carbocycles. The number of aryl methyl sites for hydroxylation is 1. The number of nitrogens with one attached hydrogen (secondary N) is 1. The predicted molar refractivity (Wildman–Crippen MR) is 147 cm³/mol. The van der Waals surface area contributed by atoms with Crippen molar-refractivity contribution in [3.8, 4) is 11.1 Å². The maximum absolute atomic E-state index is 6.24. The Morgan fingerprint density at radius 3 is 2.36 bits per heavy atom.